The number of rotatable bonds is 5. The summed E-state index contributed by atoms with van der Waals surface area (Å²) >= 11 is 5.32. The Morgan fingerprint density at radius 1 is 1.30 bits per heavy atom. The van der Waals surface area contributed by atoms with Crippen LogP contribution in [0.5, 0.6) is 0 Å². The van der Waals surface area contributed by atoms with E-state index in [0.717, 1.165) is 0 Å². The van der Waals surface area contributed by atoms with E-state index in [9.17, 15) is 14.3 Å². The number of H-pyrrole nitrogens is 1. The molecule has 2 bridgehead atoms. The van der Waals surface area contributed by atoms with Crippen molar-refractivity contribution in [3.63, 3.8) is 0 Å². The van der Waals surface area contributed by atoms with E-state index in [4.69, 9.17) is 51.1 Å². The summed E-state index contributed by atoms with van der Waals surface area (Å²) in [5.41, 5.74) is 11.2. The molecule has 0 saturated carbocycles. The molecule has 6 rings (SSSR count). The number of aliphatic imine (C=N–C) groups is 1. The third-order valence-corrected chi connectivity index (χ3v) is 9.83. The van der Waals surface area contributed by atoms with Gasteiger partial charge in [-0.2, -0.15) is 4.98 Å². The van der Waals surface area contributed by atoms with Crippen molar-refractivity contribution in [1.29, 1.82) is 0 Å². The number of nitrogens with one attached hydrogen (secondary N) is 3. The van der Waals surface area contributed by atoms with Gasteiger partial charge in [-0.1, -0.05) is 0 Å². The van der Waals surface area contributed by atoms with E-state index in [0.29, 0.717) is 0 Å². The zero-order valence-corrected chi connectivity index (χ0v) is 26.6. The minimum atomic E-state index is -3.94. The van der Waals surface area contributed by atoms with Gasteiger partial charge < -0.3 is 40.4 Å². The van der Waals surface area contributed by atoms with Crippen molar-refractivity contribution >= 4 is 67.4 Å². The van der Waals surface area contributed by atoms with Crippen molar-refractivity contribution in [2.24, 2.45) is 4.99 Å². The van der Waals surface area contributed by atoms with E-state index in [1.807, 2.05) is 0 Å². The molecule has 24 heteroatoms. The number of nitrogens with two attached hydrogens (primary N) is 2. The van der Waals surface area contributed by atoms with Gasteiger partial charge in [-0.25, -0.2) is 24.4 Å². The Hall–Kier alpha value is -3.14. The zero-order chi connectivity index (χ0) is 32.7. The summed E-state index contributed by atoms with van der Waals surface area (Å²) in [6.07, 6.45) is -4.74. The monoisotopic (exact) mass is 704 g/mol. The molecule has 3 aromatic heterocycles. The standard InChI is InChI=1S/C22H28FN11O9P2S/c1-3-26-12-16(24)27-6-28-17(12)30-20-10(23)11-8(41-20)4-39-44(36)43-15-14(38-2)9(5-40-45(37,46)33-11)42-21(15)34-7-29-13-18(34)31-22(25)32-19(13)35/h3,6-11,14-15,20-21H,4-5H2,1-2H3,(H7-,24,25,27,28,30,31,32,33,35,37,46)/p+1. The largest absolute Gasteiger partial charge is 0.698 e. The summed E-state index contributed by atoms with van der Waals surface area (Å²) in [6.45, 7) is -3.14. The van der Waals surface area contributed by atoms with Gasteiger partial charge in [-0.3, -0.25) is 19.3 Å². The predicted octanol–water partition coefficient (Wildman–Crippen LogP) is 0.148. The summed E-state index contributed by atoms with van der Waals surface area (Å²) in [5, 5.41) is 5.43. The Kier molecular flexibility index (Phi) is 9.38. The lowest BCUT2D eigenvalue weighted by Gasteiger charge is -2.26. The molecule has 3 aliphatic rings. The lowest BCUT2D eigenvalue weighted by atomic mass is 10.1. The van der Waals surface area contributed by atoms with Gasteiger partial charge in [0.05, 0.1) is 19.0 Å². The number of hydrogen-bond acceptors (Lipinski definition) is 17. The lowest BCUT2D eigenvalue weighted by Crippen LogP contribution is -2.44. The Balaban J connectivity index is 1.27. The van der Waals surface area contributed by atoms with Crippen LogP contribution in [0.25, 0.3) is 11.2 Å². The number of fused-ring (bicyclic) bond motifs is 4. The highest BCUT2D eigenvalue weighted by atomic mass is 32.5. The lowest BCUT2D eigenvalue weighted by molar-refractivity contribution is -0.0493. The second-order valence-electron chi connectivity index (χ2n) is 10.1. The van der Waals surface area contributed by atoms with Crippen LogP contribution in [0.15, 0.2) is 22.4 Å². The molecule has 6 heterocycles. The topological polar surface area (TPSA) is 270 Å². The number of nitrogens with zero attached hydrogens (tertiary/aromatic N) is 6. The highest BCUT2D eigenvalue weighted by Crippen LogP contribution is 2.46. The van der Waals surface area contributed by atoms with Gasteiger partial charge >= 0.3 is 8.25 Å². The summed E-state index contributed by atoms with van der Waals surface area (Å²) in [7, 11) is -1.57. The number of aromatic amines is 1. The van der Waals surface area contributed by atoms with Crippen molar-refractivity contribution in [3.8, 4) is 0 Å². The molecule has 3 fully saturated rings. The molecular formula is C22H29FN11O9P2S+. The number of alkyl halides is 1. The fourth-order valence-electron chi connectivity index (χ4n) is 5.30. The number of anilines is 3. The Labute approximate surface area is 264 Å². The summed E-state index contributed by atoms with van der Waals surface area (Å²) < 4.78 is 65.1. The number of imidazole rings is 1. The maximum atomic E-state index is 15.9. The number of nitrogen functional groups attached to an aromatic ring is 2. The van der Waals surface area contributed by atoms with Crippen LogP contribution in [0.4, 0.5) is 27.7 Å². The molecule has 0 spiro atoms. The van der Waals surface area contributed by atoms with Gasteiger partial charge in [0.25, 0.3) is 12.2 Å². The number of aromatic nitrogens is 6. The molecule has 0 aliphatic carbocycles. The van der Waals surface area contributed by atoms with E-state index < -0.39 is 76.1 Å². The Morgan fingerprint density at radius 3 is 2.87 bits per heavy atom. The van der Waals surface area contributed by atoms with Crippen LogP contribution in [0.2, 0.25) is 0 Å². The van der Waals surface area contributed by atoms with Gasteiger partial charge in [0.2, 0.25) is 5.95 Å². The molecule has 248 valence electrons. The van der Waals surface area contributed by atoms with E-state index in [1.165, 1.54) is 30.5 Å². The van der Waals surface area contributed by atoms with Gasteiger partial charge in [0, 0.05) is 17.9 Å². The summed E-state index contributed by atoms with van der Waals surface area (Å²) in [6, 6.07) is -1.30. The van der Waals surface area contributed by atoms with Crippen LogP contribution in [-0.2, 0) is 44.2 Å². The number of halogens is 1. The maximum Gasteiger partial charge on any atom is 0.698 e. The molecule has 3 aromatic rings. The van der Waals surface area contributed by atoms with Crippen molar-refractivity contribution < 1.29 is 41.6 Å². The molecule has 46 heavy (non-hydrogen) atoms. The second-order valence-corrected chi connectivity index (χ2v) is 14.1. The number of ether oxygens (including phenoxy) is 3. The van der Waals surface area contributed by atoms with E-state index >= 15 is 4.39 Å². The quantitative estimate of drug-likeness (QED) is 0.152. The van der Waals surface area contributed by atoms with Crippen LogP contribution in [0, 0.1) is 0 Å². The fourth-order valence-corrected chi connectivity index (χ4v) is 7.71. The molecule has 0 radical (unpaired) electrons. The van der Waals surface area contributed by atoms with E-state index in [2.05, 4.69) is 40.3 Å². The van der Waals surface area contributed by atoms with Crippen LogP contribution in [-0.4, -0.2) is 104 Å². The Bertz CT molecular complexity index is 1770. The number of methoxy groups -OCH3 is 1. The van der Waals surface area contributed by atoms with Crippen LogP contribution < -0.4 is 27.4 Å². The first kappa shape index (κ1) is 32.8. The van der Waals surface area contributed by atoms with Crippen LogP contribution in [0.1, 0.15) is 13.2 Å². The van der Waals surface area contributed by atoms with Crippen molar-refractivity contribution in [3.05, 3.63) is 23.0 Å². The molecule has 20 nitrogen and oxygen atoms in total. The van der Waals surface area contributed by atoms with Crippen molar-refractivity contribution in [2.75, 3.05) is 37.1 Å². The normalized spacial score (nSPS) is 34.7. The van der Waals surface area contributed by atoms with Crippen molar-refractivity contribution in [2.45, 2.75) is 56.0 Å². The maximum absolute atomic E-state index is 15.9. The average Bonchev–Trinajstić information content (AvgIpc) is 3.66. The Morgan fingerprint density at radius 2 is 2.11 bits per heavy atom. The molecule has 0 aromatic carbocycles. The second kappa shape index (κ2) is 13.2. The molecule has 8 N–H and O–H groups in total. The SMILES string of the molecule is CC=Nc1c(N)ncnc1NC1OC2CO[P+](=O)OC3C(OC)C(COP(O)(=S)NC2C1F)OC3n1cnc2c(=O)[nH]c(N)nc21. The highest BCUT2D eigenvalue weighted by molar-refractivity contribution is 8.08. The summed E-state index contributed by atoms with van der Waals surface area (Å²) in [4.78, 5) is 46.2. The molecular weight excluding hydrogens is 675 g/mol. The fraction of sp³-hybridized carbons (Fsp3) is 0.545. The van der Waals surface area contributed by atoms with Gasteiger partial charge in [-0.15, -0.1) is 9.05 Å². The van der Waals surface area contributed by atoms with Gasteiger partial charge in [-0.05, 0) is 18.7 Å². The molecule has 10 unspecified atom stereocenters. The van der Waals surface area contributed by atoms with E-state index in [-0.39, 0.29) is 41.0 Å². The van der Waals surface area contributed by atoms with E-state index in [1.54, 1.807) is 6.92 Å². The zero-order valence-electron chi connectivity index (χ0n) is 24.0. The van der Waals surface area contributed by atoms with Gasteiger partial charge in [0.15, 0.2) is 47.5 Å². The number of hydrogen-bond donors (Lipinski definition) is 6. The van der Waals surface area contributed by atoms with Crippen molar-refractivity contribution in [1.82, 2.24) is 34.6 Å². The minimum absolute atomic E-state index is 0.0399. The third kappa shape index (κ3) is 6.38. The highest BCUT2D eigenvalue weighted by Gasteiger charge is 2.54. The third-order valence-electron chi connectivity index (χ3n) is 7.30. The smallest absolute Gasteiger partial charge is 0.382 e. The summed E-state index contributed by atoms with van der Waals surface area (Å²) in [5.74, 6) is -0.0533. The van der Waals surface area contributed by atoms with Crippen LogP contribution >= 0.6 is 14.9 Å². The molecule has 10 atom stereocenters. The first-order chi connectivity index (χ1) is 22.0. The predicted molar refractivity (Wildman–Crippen MR) is 163 cm³/mol. The first-order valence-electron chi connectivity index (χ1n) is 13.6. The van der Waals surface area contributed by atoms with Gasteiger partial charge in [0.1, 0.15) is 36.9 Å². The molecule has 3 saturated heterocycles. The first-order valence-corrected chi connectivity index (χ1v) is 17.3. The molecule has 0 amide bonds. The minimum Gasteiger partial charge on any atom is -0.382 e. The van der Waals surface area contributed by atoms with Crippen LogP contribution in [0.3, 0.4) is 0 Å². The molecule has 3 aliphatic heterocycles. The average molecular weight is 705 g/mol.